The minimum atomic E-state index is -0.697. The highest BCUT2D eigenvalue weighted by molar-refractivity contribution is 5.75. The summed E-state index contributed by atoms with van der Waals surface area (Å²) in [6.07, 6.45) is 3.92. The number of likely N-dealkylation sites (tertiary alicyclic amines) is 1. The lowest BCUT2D eigenvalue weighted by Gasteiger charge is -2.39. The van der Waals surface area contributed by atoms with Crippen LogP contribution in [0.5, 0.6) is 0 Å². The Bertz CT molecular complexity index is 538. The van der Waals surface area contributed by atoms with E-state index >= 15 is 0 Å². The monoisotopic (exact) mass is 273 g/mol. The topological polar surface area (TPSA) is 77.2 Å². The molecule has 0 bridgehead atoms. The van der Waals surface area contributed by atoms with Crippen molar-refractivity contribution < 1.29 is 9.90 Å². The minimum Gasteiger partial charge on any atom is -0.481 e. The fraction of sp³-hybridized carbons (Fsp3) is 0.533. The van der Waals surface area contributed by atoms with Crippen molar-refractivity contribution in [1.29, 1.82) is 5.26 Å². The number of hydrogen-bond donors (Lipinski definition) is 1. The Balaban J connectivity index is 2.10. The second-order valence-corrected chi connectivity index (χ2v) is 5.41. The molecule has 1 unspecified atom stereocenters. The van der Waals surface area contributed by atoms with Crippen LogP contribution in [0.3, 0.4) is 0 Å². The molecular weight excluding hydrogens is 254 g/mol. The second kappa shape index (κ2) is 6.02. The number of aromatic nitrogens is 1. The number of pyridine rings is 1. The van der Waals surface area contributed by atoms with Crippen molar-refractivity contribution in [2.75, 3.05) is 13.1 Å². The summed E-state index contributed by atoms with van der Waals surface area (Å²) < 4.78 is 0. The van der Waals surface area contributed by atoms with Gasteiger partial charge < -0.3 is 5.11 Å². The average Bonchev–Trinajstić information content (AvgIpc) is 2.47. The van der Waals surface area contributed by atoms with Gasteiger partial charge in [0.15, 0.2) is 0 Å². The molecule has 5 nitrogen and oxygen atoms in total. The summed E-state index contributed by atoms with van der Waals surface area (Å²) in [5.74, 6) is -0.697. The smallest absolute Gasteiger partial charge is 0.310 e. The summed E-state index contributed by atoms with van der Waals surface area (Å²) in [6, 6.07) is 5.67. The molecule has 1 aromatic heterocycles. The summed E-state index contributed by atoms with van der Waals surface area (Å²) in [4.78, 5) is 17.6. The van der Waals surface area contributed by atoms with Crippen molar-refractivity contribution in [3.05, 3.63) is 29.6 Å². The van der Waals surface area contributed by atoms with E-state index in [0.29, 0.717) is 25.2 Å². The largest absolute Gasteiger partial charge is 0.481 e. The van der Waals surface area contributed by atoms with Gasteiger partial charge in [0.2, 0.25) is 0 Å². The van der Waals surface area contributed by atoms with Crippen molar-refractivity contribution in [2.45, 2.75) is 32.7 Å². The number of rotatable bonds is 4. The summed E-state index contributed by atoms with van der Waals surface area (Å²) in [5, 5.41) is 18.3. The highest BCUT2D eigenvalue weighted by atomic mass is 16.4. The first-order valence-corrected chi connectivity index (χ1v) is 6.90. The van der Waals surface area contributed by atoms with E-state index < -0.39 is 11.4 Å². The first kappa shape index (κ1) is 14.5. The number of hydrogen-bond acceptors (Lipinski definition) is 4. The van der Waals surface area contributed by atoms with Gasteiger partial charge in [-0.05, 0) is 43.5 Å². The maximum Gasteiger partial charge on any atom is 0.310 e. The van der Waals surface area contributed by atoms with Crippen molar-refractivity contribution in [3.63, 3.8) is 0 Å². The number of carboxylic acids is 1. The lowest BCUT2D eigenvalue weighted by molar-refractivity contribution is -0.153. The lowest BCUT2D eigenvalue weighted by Crippen LogP contribution is -2.47. The molecule has 0 saturated carbocycles. The summed E-state index contributed by atoms with van der Waals surface area (Å²) in [6.45, 7) is 4.09. The van der Waals surface area contributed by atoms with Gasteiger partial charge >= 0.3 is 5.97 Å². The minimum absolute atomic E-state index is 0.402. The SMILES string of the molecule is CCC1(C(=O)O)CCCN(Cc2ccnc(C#N)c2)C1. The van der Waals surface area contributed by atoms with Crippen LogP contribution in [0.25, 0.3) is 0 Å². The number of nitriles is 1. The van der Waals surface area contributed by atoms with E-state index in [0.717, 1.165) is 24.9 Å². The predicted octanol–water partition coefficient (Wildman–Crippen LogP) is 2.03. The van der Waals surface area contributed by atoms with Gasteiger partial charge in [0, 0.05) is 19.3 Å². The summed E-state index contributed by atoms with van der Waals surface area (Å²) in [5.41, 5.74) is 0.789. The molecule has 0 spiro atoms. The number of aliphatic carboxylic acids is 1. The zero-order valence-corrected chi connectivity index (χ0v) is 11.7. The molecule has 2 heterocycles. The van der Waals surface area contributed by atoms with Crippen LogP contribution in [0, 0.1) is 16.7 Å². The quantitative estimate of drug-likeness (QED) is 0.908. The van der Waals surface area contributed by atoms with E-state index in [-0.39, 0.29) is 0 Å². The fourth-order valence-corrected chi connectivity index (χ4v) is 2.87. The first-order chi connectivity index (χ1) is 9.59. The molecule has 1 N–H and O–H groups in total. The van der Waals surface area contributed by atoms with Gasteiger partial charge in [-0.2, -0.15) is 5.26 Å². The first-order valence-electron chi connectivity index (χ1n) is 6.90. The van der Waals surface area contributed by atoms with Gasteiger partial charge in [-0.25, -0.2) is 4.98 Å². The van der Waals surface area contributed by atoms with E-state index in [2.05, 4.69) is 9.88 Å². The molecule has 5 heteroatoms. The maximum absolute atomic E-state index is 11.5. The van der Waals surface area contributed by atoms with Crippen LogP contribution in [0.15, 0.2) is 18.3 Å². The fourth-order valence-electron chi connectivity index (χ4n) is 2.87. The van der Waals surface area contributed by atoms with Crippen molar-refractivity contribution in [2.24, 2.45) is 5.41 Å². The van der Waals surface area contributed by atoms with Crippen LogP contribution in [-0.2, 0) is 11.3 Å². The van der Waals surface area contributed by atoms with E-state index in [1.165, 1.54) is 0 Å². The maximum atomic E-state index is 11.5. The molecule has 0 aliphatic carbocycles. The molecular formula is C15H19N3O2. The standard InChI is InChI=1S/C15H19N3O2/c1-2-15(14(19)20)5-3-7-18(11-15)10-12-4-6-17-13(8-12)9-16/h4,6,8H,2-3,5,7,10-11H2,1H3,(H,19,20). The van der Waals surface area contributed by atoms with E-state index in [9.17, 15) is 9.90 Å². The van der Waals surface area contributed by atoms with Crippen molar-refractivity contribution in [1.82, 2.24) is 9.88 Å². The van der Waals surface area contributed by atoms with Crippen molar-refractivity contribution >= 4 is 5.97 Å². The van der Waals surface area contributed by atoms with Gasteiger partial charge in [-0.1, -0.05) is 6.92 Å². The Labute approximate surface area is 118 Å². The Morgan fingerprint density at radius 1 is 1.65 bits per heavy atom. The third-order valence-electron chi connectivity index (χ3n) is 4.13. The molecule has 1 aliphatic rings. The van der Waals surface area contributed by atoms with Crippen LogP contribution >= 0.6 is 0 Å². The van der Waals surface area contributed by atoms with E-state index in [1.807, 2.05) is 19.1 Å². The lowest BCUT2D eigenvalue weighted by atomic mass is 9.77. The Hall–Kier alpha value is -1.93. The van der Waals surface area contributed by atoms with Gasteiger partial charge in [-0.15, -0.1) is 0 Å². The van der Waals surface area contributed by atoms with Gasteiger partial charge in [-0.3, -0.25) is 9.69 Å². The second-order valence-electron chi connectivity index (χ2n) is 5.41. The van der Waals surface area contributed by atoms with Gasteiger partial charge in [0.1, 0.15) is 11.8 Å². The van der Waals surface area contributed by atoms with E-state index in [4.69, 9.17) is 5.26 Å². The number of piperidine rings is 1. The average molecular weight is 273 g/mol. The number of nitrogens with zero attached hydrogens (tertiary/aromatic N) is 3. The van der Waals surface area contributed by atoms with Crippen molar-refractivity contribution in [3.8, 4) is 6.07 Å². The van der Waals surface area contributed by atoms with Gasteiger partial charge in [0.25, 0.3) is 0 Å². The van der Waals surface area contributed by atoms with Crippen LogP contribution in [-0.4, -0.2) is 34.0 Å². The molecule has 2 rings (SSSR count). The summed E-state index contributed by atoms with van der Waals surface area (Å²) in [7, 11) is 0. The Morgan fingerprint density at radius 2 is 2.45 bits per heavy atom. The molecule has 20 heavy (non-hydrogen) atoms. The molecule has 0 amide bonds. The number of carbonyl (C=O) groups is 1. The zero-order valence-electron chi connectivity index (χ0n) is 11.7. The van der Waals surface area contributed by atoms with Gasteiger partial charge in [0.05, 0.1) is 5.41 Å². The summed E-state index contributed by atoms with van der Waals surface area (Å²) >= 11 is 0. The molecule has 1 fully saturated rings. The molecule has 0 radical (unpaired) electrons. The predicted molar refractivity (Wildman–Crippen MR) is 73.8 cm³/mol. The molecule has 1 atom stereocenters. The molecule has 0 aromatic carbocycles. The molecule has 1 aliphatic heterocycles. The molecule has 1 saturated heterocycles. The van der Waals surface area contributed by atoms with Crippen LogP contribution in [0.2, 0.25) is 0 Å². The normalized spacial score (nSPS) is 23.2. The Kier molecular flexibility index (Phi) is 4.35. The number of carboxylic acid groups (broad SMARTS) is 1. The van der Waals surface area contributed by atoms with E-state index in [1.54, 1.807) is 12.3 Å². The highest BCUT2D eigenvalue weighted by Gasteiger charge is 2.40. The molecule has 106 valence electrons. The highest BCUT2D eigenvalue weighted by Crippen LogP contribution is 2.34. The Morgan fingerprint density at radius 3 is 3.10 bits per heavy atom. The van der Waals surface area contributed by atoms with Crippen LogP contribution < -0.4 is 0 Å². The third-order valence-corrected chi connectivity index (χ3v) is 4.13. The molecule has 1 aromatic rings. The van der Waals surface area contributed by atoms with Crippen LogP contribution in [0.4, 0.5) is 0 Å². The van der Waals surface area contributed by atoms with Crippen LogP contribution in [0.1, 0.15) is 37.4 Å². The zero-order chi connectivity index (χ0) is 14.6. The third kappa shape index (κ3) is 2.97.